The Labute approximate surface area is 239 Å². The Balaban J connectivity index is 1.10. The Morgan fingerprint density at radius 3 is 2.73 bits per heavy atom. The maximum Gasteiger partial charge on any atom is 0.286 e. The van der Waals surface area contributed by atoms with Gasteiger partial charge in [0.25, 0.3) is 17.7 Å². The summed E-state index contributed by atoms with van der Waals surface area (Å²) in [7, 11) is 0. The minimum absolute atomic E-state index is 0.0232. The molecule has 2 aromatic rings. The zero-order valence-electron chi connectivity index (χ0n) is 21.6. The van der Waals surface area contributed by atoms with Crippen LogP contribution >= 0.6 is 23.2 Å². The number of nitrogens with zero attached hydrogens (tertiary/aromatic N) is 2. The van der Waals surface area contributed by atoms with Gasteiger partial charge in [0.15, 0.2) is 6.29 Å². The molecule has 8 nitrogen and oxygen atoms in total. The van der Waals surface area contributed by atoms with Crippen LogP contribution in [0.2, 0.25) is 10.0 Å². The molecule has 4 aliphatic rings. The lowest BCUT2D eigenvalue weighted by atomic mass is 9.59. The van der Waals surface area contributed by atoms with Crippen LogP contribution in [0.5, 0.6) is 0 Å². The highest BCUT2D eigenvalue weighted by Gasteiger charge is 2.68. The number of alkyl halides is 2. The average molecular weight is 594 g/mol. The van der Waals surface area contributed by atoms with E-state index >= 15 is 8.78 Å². The maximum atomic E-state index is 15.3. The van der Waals surface area contributed by atoms with Gasteiger partial charge in [0.2, 0.25) is 0 Å². The van der Waals surface area contributed by atoms with Gasteiger partial charge in [-0.3, -0.25) is 19.4 Å². The molecule has 2 aromatic carbocycles. The van der Waals surface area contributed by atoms with Crippen molar-refractivity contribution in [2.24, 2.45) is 4.99 Å². The van der Waals surface area contributed by atoms with Crippen molar-refractivity contribution in [1.29, 1.82) is 0 Å². The lowest BCUT2D eigenvalue weighted by molar-refractivity contribution is -0.196. The number of hydroxylamine groups is 2. The second-order valence-electron chi connectivity index (χ2n) is 10.5. The second-order valence-corrected chi connectivity index (χ2v) is 11.4. The van der Waals surface area contributed by atoms with Crippen LogP contribution in [-0.2, 0) is 30.4 Å². The standard InChI is InChI=1S/C28H27Cl2F2N3O5/c1-15-9-16(21-12-27(14-33-21)19-10-17(29)11-20(30)24(19)28(27,31)32)3-4-18(15)25(36)34-22-13-40-35(26(22)37)6-5-23-38-7-2-8-39-23/h3-4,9-11,22-23H,2,5-8,12-14H2,1H3,(H,34,36)/t22-,27?/m1/s1. The highest BCUT2D eigenvalue weighted by Crippen LogP contribution is 2.64. The van der Waals surface area contributed by atoms with E-state index in [0.717, 1.165) is 6.42 Å². The first kappa shape index (κ1) is 27.5. The topological polar surface area (TPSA) is 89.5 Å². The summed E-state index contributed by atoms with van der Waals surface area (Å²) in [5.74, 6) is -3.91. The molecule has 6 rings (SSSR count). The minimum Gasteiger partial charge on any atom is -0.353 e. The Morgan fingerprint density at radius 2 is 1.98 bits per heavy atom. The summed E-state index contributed by atoms with van der Waals surface area (Å²) >= 11 is 12.2. The highest BCUT2D eigenvalue weighted by molar-refractivity contribution is 6.35. The number of carbonyl (C=O) groups excluding carboxylic acids is 2. The summed E-state index contributed by atoms with van der Waals surface area (Å²) in [6.45, 7) is 3.22. The first-order chi connectivity index (χ1) is 19.1. The molecule has 0 aromatic heterocycles. The number of aryl methyl sites for hydroxylation is 1. The molecule has 2 amide bonds. The molecular formula is C28H27Cl2F2N3O5. The third-order valence-electron chi connectivity index (χ3n) is 8.01. The van der Waals surface area contributed by atoms with Crippen molar-refractivity contribution in [3.63, 3.8) is 0 Å². The van der Waals surface area contributed by atoms with Gasteiger partial charge in [-0.15, -0.1) is 0 Å². The van der Waals surface area contributed by atoms with Crippen LogP contribution in [0.3, 0.4) is 0 Å². The number of fused-ring (bicyclic) bond motifs is 2. The minimum atomic E-state index is -3.13. The number of amides is 2. The third kappa shape index (κ3) is 4.50. The third-order valence-corrected chi connectivity index (χ3v) is 8.53. The van der Waals surface area contributed by atoms with Gasteiger partial charge in [0.05, 0.1) is 36.7 Å². The van der Waals surface area contributed by atoms with Crippen molar-refractivity contribution in [3.8, 4) is 0 Å². The van der Waals surface area contributed by atoms with Crippen molar-refractivity contribution in [2.45, 2.75) is 49.9 Å². The number of hydrogen-bond donors (Lipinski definition) is 1. The quantitative estimate of drug-likeness (QED) is 0.530. The summed E-state index contributed by atoms with van der Waals surface area (Å²) < 4.78 is 41.6. The first-order valence-electron chi connectivity index (χ1n) is 13.1. The molecule has 1 unspecified atom stereocenters. The van der Waals surface area contributed by atoms with Crippen molar-refractivity contribution in [1.82, 2.24) is 10.4 Å². The van der Waals surface area contributed by atoms with Crippen LogP contribution in [0.4, 0.5) is 8.78 Å². The predicted molar refractivity (Wildman–Crippen MR) is 143 cm³/mol. The Hall–Kier alpha value is -2.63. The monoisotopic (exact) mass is 593 g/mol. The molecule has 40 heavy (non-hydrogen) atoms. The van der Waals surface area contributed by atoms with Gasteiger partial charge in [-0.1, -0.05) is 29.3 Å². The van der Waals surface area contributed by atoms with E-state index in [1.165, 1.54) is 11.1 Å². The number of halogens is 4. The van der Waals surface area contributed by atoms with E-state index in [-0.39, 0.29) is 48.9 Å². The Bertz CT molecular complexity index is 1410. The van der Waals surface area contributed by atoms with Gasteiger partial charge < -0.3 is 14.8 Å². The van der Waals surface area contributed by atoms with Crippen LogP contribution in [-0.4, -0.2) is 67.8 Å². The van der Waals surface area contributed by atoms with E-state index in [4.69, 9.17) is 37.5 Å². The number of hydrogen-bond acceptors (Lipinski definition) is 6. The summed E-state index contributed by atoms with van der Waals surface area (Å²) in [5, 5.41) is 4.22. The molecule has 212 valence electrons. The number of ether oxygens (including phenoxy) is 2. The van der Waals surface area contributed by atoms with E-state index in [0.29, 0.717) is 52.6 Å². The van der Waals surface area contributed by atoms with Gasteiger partial charge in [-0.2, -0.15) is 0 Å². The highest BCUT2D eigenvalue weighted by atomic mass is 35.5. The van der Waals surface area contributed by atoms with Crippen LogP contribution in [0.15, 0.2) is 35.3 Å². The van der Waals surface area contributed by atoms with E-state index in [1.807, 2.05) is 0 Å². The molecule has 0 radical (unpaired) electrons. The average Bonchev–Trinajstić information content (AvgIpc) is 3.54. The summed E-state index contributed by atoms with van der Waals surface area (Å²) in [4.78, 5) is 35.7. The van der Waals surface area contributed by atoms with Gasteiger partial charge in [0, 0.05) is 34.7 Å². The fraction of sp³-hybridized carbons (Fsp3) is 0.464. The Kier molecular flexibility index (Phi) is 7.11. The number of rotatable bonds is 6. The van der Waals surface area contributed by atoms with Crippen LogP contribution in [0.25, 0.3) is 0 Å². The van der Waals surface area contributed by atoms with Crippen LogP contribution in [0.1, 0.15) is 51.9 Å². The van der Waals surface area contributed by atoms with E-state index in [2.05, 4.69) is 10.3 Å². The van der Waals surface area contributed by atoms with Gasteiger partial charge in [-0.05, 0) is 54.3 Å². The summed E-state index contributed by atoms with van der Waals surface area (Å²) in [5.41, 5.74) is 0.931. The molecule has 1 N–H and O–H groups in total. The molecule has 3 heterocycles. The van der Waals surface area contributed by atoms with Gasteiger partial charge >= 0.3 is 0 Å². The molecule has 1 spiro atoms. The van der Waals surface area contributed by atoms with Gasteiger partial charge in [-0.25, -0.2) is 13.8 Å². The molecular weight excluding hydrogens is 567 g/mol. The number of benzene rings is 2. The number of nitrogens with one attached hydrogen (secondary N) is 1. The lowest BCUT2D eigenvalue weighted by Crippen LogP contribution is -2.54. The first-order valence-corrected chi connectivity index (χ1v) is 13.9. The number of aliphatic imine (C=N–C) groups is 1. The molecule has 2 fully saturated rings. The van der Waals surface area contributed by atoms with Crippen molar-refractivity contribution in [3.05, 3.63) is 68.2 Å². The molecule has 0 saturated carbocycles. The van der Waals surface area contributed by atoms with E-state index in [1.54, 1.807) is 31.2 Å². The van der Waals surface area contributed by atoms with Crippen molar-refractivity contribution in [2.75, 3.05) is 32.9 Å². The zero-order valence-corrected chi connectivity index (χ0v) is 23.2. The SMILES string of the molecule is Cc1cc(C2=NCC3(C2)c2cc(Cl)cc(Cl)c2C3(F)F)ccc1C(=O)N[C@@H]1CON(CCC2OCCCO2)C1=O. The molecule has 0 bridgehead atoms. The summed E-state index contributed by atoms with van der Waals surface area (Å²) in [6.07, 6.45) is 0.958. The molecule has 2 saturated heterocycles. The molecule has 1 aliphatic carbocycles. The van der Waals surface area contributed by atoms with Crippen LogP contribution in [0, 0.1) is 6.92 Å². The fourth-order valence-corrected chi connectivity index (χ4v) is 6.45. The van der Waals surface area contributed by atoms with E-state index < -0.39 is 23.3 Å². The zero-order chi connectivity index (χ0) is 28.2. The van der Waals surface area contributed by atoms with Crippen molar-refractivity contribution < 1.29 is 32.7 Å². The second kappa shape index (κ2) is 10.3. The van der Waals surface area contributed by atoms with Crippen LogP contribution < -0.4 is 5.32 Å². The van der Waals surface area contributed by atoms with E-state index in [9.17, 15) is 9.59 Å². The normalized spacial score (nSPS) is 25.6. The molecule has 2 atom stereocenters. The summed E-state index contributed by atoms with van der Waals surface area (Å²) in [6, 6.07) is 7.11. The smallest absolute Gasteiger partial charge is 0.286 e. The van der Waals surface area contributed by atoms with Gasteiger partial charge in [0.1, 0.15) is 12.6 Å². The largest absolute Gasteiger partial charge is 0.353 e. The molecule has 12 heteroatoms. The number of carbonyl (C=O) groups is 2. The van der Waals surface area contributed by atoms with Crippen molar-refractivity contribution >= 4 is 40.7 Å². The fourth-order valence-electron chi connectivity index (χ4n) is 5.84. The Morgan fingerprint density at radius 1 is 1.20 bits per heavy atom. The maximum absolute atomic E-state index is 15.3. The lowest BCUT2D eigenvalue weighted by Gasteiger charge is -2.48. The molecule has 3 aliphatic heterocycles. The predicted octanol–water partition coefficient (Wildman–Crippen LogP) is 4.56.